The van der Waals surface area contributed by atoms with Crippen LogP contribution in [0.5, 0.6) is 0 Å². The van der Waals surface area contributed by atoms with Crippen LogP contribution in [0.3, 0.4) is 0 Å². The molecule has 0 unspecified atom stereocenters. The number of rotatable bonds is 7. The molecule has 0 radical (unpaired) electrons. The van der Waals surface area contributed by atoms with Gasteiger partial charge in [0.2, 0.25) is 0 Å². The van der Waals surface area contributed by atoms with Crippen LogP contribution in [0.15, 0.2) is 0 Å². The summed E-state index contributed by atoms with van der Waals surface area (Å²) < 4.78 is 4.86. The Labute approximate surface area is 97.6 Å². The van der Waals surface area contributed by atoms with Crippen LogP contribution in [0.2, 0.25) is 0 Å². The molecule has 0 aromatic heterocycles. The quantitative estimate of drug-likeness (QED) is 0.526. The standard InChI is InChI=1S/C12H23NO3/c1-2-16-12(15)7-3-4-8-13-9-5-6-11(13)10-14/h11,14H,2-10H2,1H3/t11-/m0/s1. The van der Waals surface area contributed by atoms with Crippen molar-refractivity contribution in [2.75, 3.05) is 26.3 Å². The lowest BCUT2D eigenvalue weighted by molar-refractivity contribution is -0.143. The van der Waals surface area contributed by atoms with Crippen molar-refractivity contribution in [2.45, 2.75) is 45.1 Å². The SMILES string of the molecule is CCOC(=O)CCCCN1CCC[C@H]1CO. The zero-order valence-corrected chi connectivity index (χ0v) is 10.2. The van der Waals surface area contributed by atoms with E-state index in [4.69, 9.17) is 9.84 Å². The van der Waals surface area contributed by atoms with Crippen molar-refractivity contribution in [3.05, 3.63) is 0 Å². The second kappa shape index (κ2) is 7.63. The fraction of sp³-hybridized carbons (Fsp3) is 0.917. The van der Waals surface area contributed by atoms with Crippen LogP contribution < -0.4 is 0 Å². The van der Waals surface area contributed by atoms with E-state index in [1.54, 1.807) is 0 Å². The van der Waals surface area contributed by atoms with E-state index in [2.05, 4.69) is 4.90 Å². The molecule has 94 valence electrons. The maximum atomic E-state index is 11.1. The molecule has 1 saturated heterocycles. The molecular weight excluding hydrogens is 206 g/mol. The van der Waals surface area contributed by atoms with E-state index >= 15 is 0 Å². The zero-order chi connectivity index (χ0) is 11.8. The molecule has 0 aliphatic carbocycles. The number of unbranched alkanes of at least 4 members (excludes halogenated alkanes) is 1. The average molecular weight is 229 g/mol. The van der Waals surface area contributed by atoms with Crippen LogP contribution in [-0.4, -0.2) is 48.3 Å². The smallest absolute Gasteiger partial charge is 0.305 e. The molecule has 0 aromatic rings. The molecule has 0 amide bonds. The van der Waals surface area contributed by atoms with Gasteiger partial charge in [-0.1, -0.05) is 0 Å². The number of esters is 1. The number of aliphatic hydroxyl groups excluding tert-OH is 1. The van der Waals surface area contributed by atoms with E-state index in [-0.39, 0.29) is 12.6 Å². The van der Waals surface area contributed by atoms with Gasteiger partial charge in [0.25, 0.3) is 0 Å². The maximum absolute atomic E-state index is 11.1. The molecular formula is C12H23NO3. The number of ether oxygens (including phenoxy) is 1. The Morgan fingerprint density at radius 1 is 1.50 bits per heavy atom. The Bertz CT molecular complexity index is 208. The van der Waals surface area contributed by atoms with E-state index in [1.807, 2.05) is 6.92 Å². The Kier molecular flexibility index (Phi) is 6.42. The maximum Gasteiger partial charge on any atom is 0.305 e. The summed E-state index contributed by atoms with van der Waals surface area (Å²) in [5, 5.41) is 9.14. The van der Waals surface area contributed by atoms with Crippen LogP contribution in [-0.2, 0) is 9.53 Å². The lowest BCUT2D eigenvalue weighted by Gasteiger charge is -2.22. The molecule has 0 saturated carbocycles. The summed E-state index contributed by atoms with van der Waals surface area (Å²) in [6, 6.07) is 0.350. The molecule has 1 rings (SSSR count). The van der Waals surface area contributed by atoms with Crippen molar-refractivity contribution in [3.63, 3.8) is 0 Å². The van der Waals surface area contributed by atoms with Crippen molar-refractivity contribution in [1.29, 1.82) is 0 Å². The lowest BCUT2D eigenvalue weighted by Crippen LogP contribution is -2.33. The number of nitrogens with zero attached hydrogens (tertiary/aromatic N) is 1. The lowest BCUT2D eigenvalue weighted by atomic mass is 10.2. The molecule has 4 nitrogen and oxygen atoms in total. The summed E-state index contributed by atoms with van der Waals surface area (Å²) in [4.78, 5) is 13.4. The van der Waals surface area contributed by atoms with Gasteiger partial charge >= 0.3 is 5.97 Å². The van der Waals surface area contributed by atoms with E-state index in [0.29, 0.717) is 19.1 Å². The monoisotopic (exact) mass is 229 g/mol. The van der Waals surface area contributed by atoms with Crippen molar-refractivity contribution in [2.24, 2.45) is 0 Å². The third-order valence-corrected chi connectivity index (χ3v) is 3.09. The predicted octanol–water partition coefficient (Wildman–Crippen LogP) is 1.18. The first-order chi connectivity index (χ1) is 7.77. The van der Waals surface area contributed by atoms with E-state index in [0.717, 1.165) is 32.4 Å². The summed E-state index contributed by atoms with van der Waals surface area (Å²) in [5.41, 5.74) is 0. The molecule has 0 aromatic carbocycles. The summed E-state index contributed by atoms with van der Waals surface area (Å²) in [7, 11) is 0. The van der Waals surface area contributed by atoms with Gasteiger partial charge in [-0.15, -0.1) is 0 Å². The van der Waals surface area contributed by atoms with Crippen LogP contribution in [0.1, 0.15) is 39.0 Å². The van der Waals surface area contributed by atoms with Crippen molar-refractivity contribution < 1.29 is 14.6 Å². The van der Waals surface area contributed by atoms with Gasteiger partial charge in [0, 0.05) is 12.5 Å². The highest BCUT2D eigenvalue weighted by molar-refractivity contribution is 5.69. The fourth-order valence-electron chi connectivity index (χ4n) is 2.21. The van der Waals surface area contributed by atoms with E-state index in [9.17, 15) is 4.79 Å². The summed E-state index contributed by atoms with van der Waals surface area (Å²) in [6.07, 6.45) is 4.70. The zero-order valence-electron chi connectivity index (χ0n) is 10.2. The molecule has 16 heavy (non-hydrogen) atoms. The normalized spacial score (nSPS) is 21.2. The van der Waals surface area contributed by atoms with Gasteiger partial charge in [0.15, 0.2) is 0 Å². The minimum atomic E-state index is -0.0948. The largest absolute Gasteiger partial charge is 0.466 e. The molecule has 0 spiro atoms. The molecule has 1 N–H and O–H groups in total. The Balaban J connectivity index is 2.04. The fourth-order valence-corrected chi connectivity index (χ4v) is 2.21. The van der Waals surface area contributed by atoms with Crippen molar-refractivity contribution in [3.8, 4) is 0 Å². The molecule has 0 bridgehead atoms. The molecule has 1 aliphatic rings. The van der Waals surface area contributed by atoms with Crippen LogP contribution in [0, 0.1) is 0 Å². The molecule has 4 heteroatoms. The van der Waals surface area contributed by atoms with Gasteiger partial charge in [0.1, 0.15) is 0 Å². The number of likely N-dealkylation sites (tertiary alicyclic amines) is 1. The number of hydrogen-bond donors (Lipinski definition) is 1. The first kappa shape index (κ1) is 13.5. The van der Waals surface area contributed by atoms with Crippen molar-refractivity contribution in [1.82, 2.24) is 4.90 Å². The van der Waals surface area contributed by atoms with Gasteiger partial charge in [-0.25, -0.2) is 0 Å². The van der Waals surface area contributed by atoms with Gasteiger partial charge in [-0.05, 0) is 45.7 Å². The summed E-state index contributed by atoms with van der Waals surface area (Å²) in [5.74, 6) is -0.0948. The highest BCUT2D eigenvalue weighted by Gasteiger charge is 2.22. The van der Waals surface area contributed by atoms with E-state index < -0.39 is 0 Å². The van der Waals surface area contributed by atoms with Crippen molar-refractivity contribution >= 4 is 5.97 Å². The molecule has 1 fully saturated rings. The van der Waals surface area contributed by atoms with Crippen LogP contribution in [0.4, 0.5) is 0 Å². The predicted molar refractivity (Wildman–Crippen MR) is 62.2 cm³/mol. The first-order valence-electron chi connectivity index (χ1n) is 6.28. The van der Waals surface area contributed by atoms with Gasteiger partial charge in [-0.2, -0.15) is 0 Å². The topological polar surface area (TPSA) is 49.8 Å². The number of carbonyl (C=O) groups excluding carboxylic acids is 1. The number of carbonyl (C=O) groups is 1. The number of hydrogen-bond acceptors (Lipinski definition) is 4. The third kappa shape index (κ3) is 4.49. The third-order valence-electron chi connectivity index (χ3n) is 3.09. The highest BCUT2D eigenvalue weighted by Crippen LogP contribution is 2.17. The Morgan fingerprint density at radius 2 is 2.31 bits per heavy atom. The summed E-state index contributed by atoms with van der Waals surface area (Å²) >= 11 is 0. The van der Waals surface area contributed by atoms with Crippen LogP contribution in [0.25, 0.3) is 0 Å². The molecule has 1 heterocycles. The minimum Gasteiger partial charge on any atom is -0.466 e. The van der Waals surface area contributed by atoms with Crippen LogP contribution >= 0.6 is 0 Å². The Morgan fingerprint density at radius 3 is 3.00 bits per heavy atom. The minimum absolute atomic E-state index is 0.0948. The highest BCUT2D eigenvalue weighted by atomic mass is 16.5. The molecule has 1 atom stereocenters. The first-order valence-corrected chi connectivity index (χ1v) is 6.28. The second-order valence-corrected chi connectivity index (χ2v) is 4.28. The van der Waals surface area contributed by atoms with Gasteiger partial charge < -0.3 is 9.84 Å². The molecule has 1 aliphatic heterocycles. The average Bonchev–Trinajstić information content (AvgIpc) is 2.72. The Hall–Kier alpha value is -0.610. The second-order valence-electron chi connectivity index (χ2n) is 4.28. The number of aliphatic hydroxyl groups is 1. The van der Waals surface area contributed by atoms with Gasteiger partial charge in [0.05, 0.1) is 13.2 Å². The van der Waals surface area contributed by atoms with Gasteiger partial charge in [-0.3, -0.25) is 9.69 Å². The summed E-state index contributed by atoms with van der Waals surface area (Å²) in [6.45, 7) is 4.64. The van der Waals surface area contributed by atoms with E-state index in [1.165, 1.54) is 6.42 Å².